The molecule has 3 rings (SSSR count). The Balaban J connectivity index is 0.00000363. The minimum absolute atomic E-state index is 0. The molecule has 1 aliphatic heterocycles. The first kappa shape index (κ1) is 26.0. The fraction of sp³-hybridized carbons (Fsp3) is 0.458. The van der Waals surface area contributed by atoms with Crippen LogP contribution in [0.25, 0.3) is 0 Å². The summed E-state index contributed by atoms with van der Waals surface area (Å²) in [5, 5.41) is 0. The molecule has 0 N–H and O–H groups in total. The molecule has 0 spiro atoms. The number of alkyl halides is 3. The molecule has 0 bridgehead atoms. The molecule has 8 heteroatoms. The highest BCUT2D eigenvalue weighted by Crippen LogP contribution is 2.43. The Morgan fingerprint density at radius 2 is 1.72 bits per heavy atom. The Kier molecular flexibility index (Phi) is 7.89. The second-order valence-corrected chi connectivity index (χ2v) is 9.18. The number of hydrogen-bond acceptors (Lipinski definition) is 2. The lowest BCUT2D eigenvalue weighted by Gasteiger charge is -2.31. The summed E-state index contributed by atoms with van der Waals surface area (Å²) in [6.45, 7) is 2.80. The van der Waals surface area contributed by atoms with E-state index < -0.39 is 17.7 Å². The van der Waals surface area contributed by atoms with Crippen molar-refractivity contribution in [2.75, 3.05) is 46.2 Å². The molecule has 0 aromatic heterocycles. The van der Waals surface area contributed by atoms with Crippen molar-refractivity contribution < 1.29 is 39.6 Å². The normalized spacial score (nSPS) is 19.1. The zero-order valence-corrected chi connectivity index (χ0v) is 19.8. The monoisotopic (exact) mass is 470 g/mol. The molecule has 2 aromatic carbocycles. The zero-order valence-electron chi connectivity index (χ0n) is 19.0. The second-order valence-electron chi connectivity index (χ2n) is 9.18. The number of nitrogens with zero attached hydrogens (tertiary/aromatic N) is 2. The van der Waals surface area contributed by atoms with E-state index in [0.717, 1.165) is 11.6 Å². The quantitative estimate of drug-likeness (QED) is 0.623. The number of ether oxygens (including phenoxy) is 1. The van der Waals surface area contributed by atoms with Gasteiger partial charge in [0, 0.05) is 11.6 Å². The molecule has 4 nitrogen and oxygen atoms in total. The number of rotatable bonds is 5. The van der Waals surface area contributed by atoms with Crippen molar-refractivity contribution in [3.05, 3.63) is 59.2 Å². The molecule has 0 radical (unpaired) electrons. The zero-order chi connectivity index (χ0) is 23.0. The third-order valence-corrected chi connectivity index (χ3v) is 5.97. The van der Waals surface area contributed by atoms with Gasteiger partial charge in [0.15, 0.2) is 0 Å². The van der Waals surface area contributed by atoms with Crippen LogP contribution in [0.3, 0.4) is 0 Å². The maximum atomic E-state index is 13.9. The van der Waals surface area contributed by atoms with E-state index in [1.165, 1.54) is 6.07 Å². The van der Waals surface area contributed by atoms with Gasteiger partial charge in [-0.05, 0) is 47.7 Å². The van der Waals surface area contributed by atoms with Crippen LogP contribution in [0, 0.1) is 5.92 Å². The predicted octanol–water partition coefficient (Wildman–Crippen LogP) is 1.73. The molecule has 2 aromatic rings. The molecule has 176 valence electrons. The molecular formula is C24H30ClF3N2O2. The van der Waals surface area contributed by atoms with Gasteiger partial charge in [-0.25, -0.2) is 0 Å². The van der Waals surface area contributed by atoms with Gasteiger partial charge in [0.2, 0.25) is 5.91 Å². The molecule has 2 atom stereocenters. The highest BCUT2D eigenvalue weighted by Gasteiger charge is 2.41. The van der Waals surface area contributed by atoms with Crippen molar-refractivity contribution in [1.82, 2.24) is 0 Å². The molecule has 1 amide bonds. The molecule has 32 heavy (non-hydrogen) atoms. The summed E-state index contributed by atoms with van der Waals surface area (Å²) >= 11 is 0. The molecule has 0 aliphatic carbocycles. The van der Waals surface area contributed by atoms with Crippen molar-refractivity contribution in [2.45, 2.75) is 25.4 Å². The lowest BCUT2D eigenvalue weighted by atomic mass is 9.82. The topological polar surface area (TPSA) is 29.5 Å². The smallest absolute Gasteiger partial charge is 0.416 e. The van der Waals surface area contributed by atoms with Crippen molar-refractivity contribution in [1.29, 1.82) is 0 Å². The largest absolute Gasteiger partial charge is 1.00 e. The molecule has 0 unspecified atom stereocenters. The SMILES string of the molecule is COc1ccc([C@@H]2Cc3c(cccc3C(F)(F)F)N(CC[N+](C)(C)C)C(=O)[C@@H]2C)cc1.[Cl-]. The van der Waals surface area contributed by atoms with Gasteiger partial charge in [0.1, 0.15) is 5.75 Å². The van der Waals surface area contributed by atoms with Crippen LogP contribution in [0.1, 0.15) is 29.5 Å². The lowest BCUT2D eigenvalue weighted by molar-refractivity contribution is -0.868. The van der Waals surface area contributed by atoms with Crippen LogP contribution in [0.15, 0.2) is 42.5 Å². The summed E-state index contributed by atoms with van der Waals surface area (Å²) < 4.78 is 47.5. The number of methoxy groups -OCH3 is 1. The van der Waals surface area contributed by atoms with E-state index in [0.29, 0.717) is 29.0 Å². The number of likely N-dealkylation sites (N-methyl/N-ethyl adjacent to an activating group) is 1. The first-order valence-electron chi connectivity index (χ1n) is 10.4. The van der Waals surface area contributed by atoms with Crippen molar-refractivity contribution >= 4 is 11.6 Å². The number of anilines is 1. The standard InChI is InChI=1S/C24H30F3N2O2.ClH/c1-16-19(17-9-11-18(31-5)12-10-17)15-20-21(24(25,26)27)7-6-8-22(20)28(23(16)30)13-14-29(2,3)4;/h6-12,16,19H,13-15H2,1-5H3;1H/q+1;/p-1/t16-,19-;/m1./s1. The first-order chi connectivity index (χ1) is 14.4. The maximum absolute atomic E-state index is 13.9. The number of amides is 1. The summed E-state index contributed by atoms with van der Waals surface area (Å²) in [4.78, 5) is 15.1. The lowest BCUT2D eigenvalue weighted by Crippen LogP contribution is -3.00. The Labute approximate surface area is 194 Å². The van der Waals surface area contributed by atoms with Crippen molar-refractivity contribution in [3.8, 4) is 5.75 Å². The van der Waals surface area contributed by atoms with Gasteiger partial charge >= 0.3 is 6.18 Å². The maximum Gasteiger partial charge on any atom is 0.416 e. The van der Waals surface area contributed by atoms with Crippen molar-refractivity contribution in [3.63, 3.8) is 0 Å². The van der Waals surface area contributed by atoms with E-state index in [2.05, 4.69) is 0 Å². The Hall–Kier alpha value is -2.25. The fourth-order valence-corrected chi connectivity index (χ4v) is 4.13. The van der Waals surface area contributed by atoms with Crippen LogP contribution >= 0.6 is 0 Å². The predicted molar refractivity (Wildman–Crippen MR) is 115 cm³/mol. The minimum atomic E-state index is -4.49. The minimum Gasteiger partial charge on any atom is -1.00 e. The molecule has 1 aliphatic rings. The third kappa shape index (κ3) is 5.56. The number of benzene rings is 2. The van der Waals surface area contributed by atoms with Crippen LogP contribution < -0.4 is 22.0 Å². The van der Waals surface area contributed by atoms with Crippen LogP contribution in [-0.2, 0) is 17.4 Å². The van der Waals surface area contributed by atoms with Crippen LogP contribution in [0.5, 0.6) is 5.75 Å². The molecule has 0 saturated heterocycles. The third-order valence-electron chi connectivity index (χ3n) is 5.97. The van der Waals surface area contributed by atoms with Gasteiger partial charge < -0.3 is 26.5 Å². The number of hydrogen-bond donors (Lipinski definition) is 0. The summed E-state index contributed by atoms with van der Waals surface area (Å²) in [5.41, 5.74) is 0.727. The van der Waals surface area contributed by atoms with Gasteiger partial charge in [-0.2, -0.15) is 13.2 Å². The van der Waals surface area contributed by atoms with E-state index in [1.807, 2.05) is 40.2 Å². The van der Waals surface area contributed by atoms with Crippen LogP contribution in [0.4, 0.5) is 18.9 Å². The fourth-order valence-electron chi connectivity index (χ4n) is 4.13. The van der Waals surface area contributed by atoms with E-state index in [1.54, 1.807) is 30.2 Å². The number of quaternary nitrogens is 1. The van der Waals surface area contributed by atoms with Crippen LogP contribution in [-0.4, -0.2) is 51.7 Å². The van der Waals surface area contributed by atoms with Crippen LogP contribution in [0.2, 0.25) is 0 Å². The van der Waals surface area contributed by atoms with Gasteiger partial charge in [-0.3, -0.25) is 4.79 Å². The van der Waals surface area contributed by atoms with E-state index in [-0.39, 0.29) is 36.2 Å². The Bertz CT molecular complexity index is 940. The summed E-state index contributed by atoms with van der Waals surface area (Å²) in [5.74, 6) is -0.311. The van der Waals surface area contributed by atoms with Gasteiger partial charge in [0.05, 0.1) is 46.9 Å². The highest BCUT2D eigenvalue weighted by atomic mass is 35.5. The number of halogens is 4. The first-order valence-corrected chi connectivity index (χ1v) is 10.4. The molecule has 0 fully saturated rings. The number of fused-ring (bicyclic) bond motifs is 1. The second kappa shape index (κ2) is 9.71. The molecular weight excluding hydrogens is 441 g/mol. The number of carbonyl (C=O) groups excluding carboxylic acids is 1. The van der Waals surface area contributed by atoms with E-state index in [9.17, 15) is 18.0 Å². The van der Waals surface area contributed by atoms with E-state index >= 15 is 0 Å². The van der Waals surface area contributed by atoms with Crippen molar-refractivity contribution in [2.24, 2.45) is 5.92 Å². The Morgan fingerprint density at radius 1 is 1.09 bits per heavy atom. The number of carbonyl (C=O) groups is 1. The average Bonchev–Trinajstić information content (AvgIpc) is 2.80. The molecule has 0 saturated carbocycles. The Morgan fingerprint density at radius 3 is 2.25 bits per heavy atom. The average molecular weight is 471 g/mol. The van der Waals surface area contributed by atoms with Gasteiger partial charge in [-0.1, -0.05) is 25.1 Å². The summed E-state index contributed by atoms with van der Waals surface area (Å²) in [6, 6.07) is 11.4. The molecule has 1 heterocycles. The van der Waals surface area contributed by atoms with E-state index in [4.69, 9.17) is 4.74 Å². The summed E-state index contributed by atoms with van der Waals surface area (Å²) in [6.07, 6.45) is -4.34. The highest BCUT2D eigenvalue weighted by molar-refractivity contribution is 5.97. The van der Waals surface area contributed by atoms with Gasteiger partial charge in [0.25, 0.3) is 0 Å². The summed E-state index contributed by atoms with van der Waals surface area (Å²) in [7, 11) is 7.56. The van der Waals surface area contributed by atoms with Gasteiger partial charge in [-0.15, -0.1) is 0 Å².